The molecule has 2 aliphatic rings. The Morgan fingerprint density at radius 2 is 1.85 bits per heavy atom. The van der Waals surface area contributed by atoms with Crippen molar-refractivity contribution in [1.29, 1.82) is 5.26 Å². The highest BCUT2D eigenvalue weighted by atomic mass is 19.1. The molecule has 0 bridgehead atoms. The lowest BCUT2D eigenvalue weighted by molar-refractivity contribution is -0.144. The molecule has 1 aromatic heterocycles. The monoisotopic (exact) mass is 623 g/mol. The minimum absolute atomic E-state index is 0.0141. The zero-order valence-corrected chi connectivity index (χ0v) is 25.5. The van der Waals surface area contributed by atoms with Gasteiger partial charge in [0.05, 0.1) is 5.56 Å². The zero-order chi connectivity index (χ0) is 32.0. The Morgan fingerprint density at radius 1 is 1.02 bits per heavy atom. The van der Waals surface area contributed by atoms with E-state index in [2.05, 4.69) is 11.1 Å². The van der Waals surface area contributed by atoms with Gasteiger partial charge in [0, 0.05) is 36.1 Å². The summed E-state index contributed by atoms with van der Waals surface area (Å²) in [6, 6.07) is 17.7. The quantitative estimate of drug-likeness (QED) is 0.213. The maximum absolute atomic E-state index is 15.6. The van der Waals surface area contributed by atoms with Gasteiger partial charge in [-0.25, -0.2) is 4.39 Å². The molecule has 0 amide bonds. The van der Waals surface area contributed by atoms with Crippen LogP contribution in [0.1, 0.15) is 47.1 Å². The summed E-state index contributed by atoms with van der Waals surface area (Å²) in [4.78, 5) is 17.9. The van der Waals surface area contributed by atoms with Crippen LogP contribution < -0.4 is 18.9 Å². The molecule has 0 saturated carbocycles. The van der Waals surface area contributed by atoms with E-state index in [9.17, 15) is 15.2 Å². The van der Waals surface area contributed by atoms with Crippen molar-refractivity contribution in [3.8, 4) is 40.2 Å². The number of carboxylic acid groups (broad SMARTS) is 1. The third-order valence-electron chi connectivity index (χ3n) is 8.39. The number of nitrogens with zero attached hydrogens (tertiary/aromatic N) is 3. The van der Waals surface area contributed by atoms with Crippen LogP contribution >= 0.6 is 0 Å². The highest BCUT2D eigenvalue weighted by molar-refractivity contribution is 5.73. The number of carboxylic acids is 1. The lowest BCUT2D eigenvalue weighted by atomic mass is 9.96. The normalized spacial score (nSPS) is 16.0. The Labute approximate surface area is 266 Å². The lowest BCUT2D eigenvalue weighted by Gasteiger charge is -2.33. The highest BCUT2D eigenvalue weighted by Gasteiger charge is 2.29. The fourth-order valence-corrected chi connectivity index (χ4v) is 5.93. The van der Waals surface area contributed by atoms with Crippen LogP contribution in [-0.4, -0.2) is 46.8 Å². The number of benzene rings is 3. The molecule has 1 N–H and O–H groups in total. The van der Waals surface area contributed by atoms with E-state index in [1.807, 2.05) is 48.2 Å². The lowest BCUT2D eigenvalue weighted by Crippen LogP contribution is -2.44. The fourth-order valence-electron chi connectivity index (χ4n) is 5.93. The number of hydrogen-bond donors (Lipinski definition) is 1. The van der Waals surface area contributed by atoms with E-state index >= 15 is 4.39 Å². The molecule has 3 aromatic carbocycles. The van der Waals surface area contributed by atoms with E-state index < -0.39 is 17.8 Å². The number of fused-ring (bicyclic) bond motifs is 1. The average molecular weight is 624 g/mol. The van der Waals surface area contributed by atoms with Gasteiger partial charge in [0.1, 0.15) is 44.3 Å². The van der Waals surface area contributed by atoms with Gasteiger partial charge in [0.2, 0.25) is 0 Å². The first-order valence-electron chi connectivity index (χ1n) is 15.3. The van der Waals surface area contributed by atoms with Crippen molar-refractivity contribution in [1.82, 2.24) is 9.88 Å². The van der Waals surface area contributed by atoms with Crippen LogP contribution in [0.4, 0.5) is 4.39 Å². The Balaban J connectivity index is 1.25. The third kappa shape index (κ3) is 6.90. The maximum atomic E-state index is 15.6. The van der Waals surface area contributed by atoms with Crippen LogP contribution in [0.15, 0.2) is 67.0 Å². The molecule has 0 radical (unpaired) electrons. The Bertz CT molecular complexity index is 1790. The Morgan fingerprint density at radius 3 is 2.67 bits per heavy atom. The molecule has 6 rings (SSSR count). The Hall–Kier alpha value is -5.14. The first-order chi connectivity index (χ1) is 22.4. The summed E-state index contributed by atoms with van der Waals surface area (Å²) in [6.07, 6.45) is 5.29. The number of rotatable bonds is 10. The van der Waals surface area contributed by atoms with Crippen molar-refractivity contribution in [2.75, 3.05) is 19.8 Å². The van der Waals surface area contributed by atoms with E-state index in [0.717, 1.165) is 40.8 Å². The molecular formula is C36H34FN3O6. The second-order valence-electron chi connectivity index (χ2n) is 11.4. The van der Waals surface area contributed by atoms with Crippen LogP contribution in [0, 0.1) is 24.1 Å². The number of halogens is 1. The predicted molar refractivity (Wildman–Crippen MR) is 167 cm³/mol. The SMILES string of the molecule is Cc1c(COc2cc(OCc3cncc(C#N)c3)c(CN3CCCCC3C(=O)O)cc2F)cccc1-c1ccc2c(c1)OCCO2. The number of hydrogen-bond acceptors (Lipinski definition) is 8. The molecule has 3 heterocycles. The van der Waals surface area contributed by atoms with E-state index in [1.165, 1.54) is 18.3 Å². The molecule has 9 nitrogen and oxygen atoms in total. The number of ether oxygens (including phenoxy) is 4. The van der Waals surface area contributed by atoms with Crippen LogP contribution in [0.5, 0.6) is 23.0 Å². The molecular weight excluding hydrogens is 589 g/mol. The maximum Gasteiger partial charge on any atom is 0.320 e. The minimum Gasteiger partial charge on any atom is -0.488 e. The van der Waals surface area contributed by atoms with Gasteiger partial charge >= 0.3 is 5.97 Å². The molecule has 10 heteroatoms. The molecule has 1 fully saturated rings. The summed E-state index contributed by atoms with van der Waals surface area (Å²) in [5, 5.41) is 19.0. The standard InChI is InChI=1S/C36H34FN3O6/c1-23-27(5-4-6-29(23)26-8-9-32-35(15-26)44-12-11-43-32)22-46-34-16-33(45-21-25-13-24(17-38)18-39-19-25)28(14-30(34)37)20-40-10-3-2-7-31(40)36(41)42/h4-6,8-9,13-16,18-19,31H,2-3,7,10-12,20-22H2,1H3,(H,41,42). The molecule has 4 aromatic rings. The highest BCUT2D eigenvalue weighted by Crippen LogP contribution is 2.37. The summed E-state index contributed by atoms with van der Waals surface area (Å²) in [5.74, 6) is 0.344. The third-order valence-corrected chi connectivity index (χ3v) is 8.39. The first-order valence-corrected chi connectivity index (χ1v) is 15.3. The van der Waals surface area contributed by atoms with Crippen LogP contribution in [0.2, 0.25) is 0 Å². The van der Waals surface area contributed by atoms with Gasteiger partial charge in [-0.1, -0.05) is 30.7 Å². The van der Waals surface area contributed by atoms with Crippen molar-refractivity contribution in [3.63, 3.8) is 0 Å². The summed E-state index contributed by atoms with van der Waals surface area (Å²) < 4.78 is 39.3. The molecule has 1 saturated heterocycles. The van der Waals surface area contributed by atoms with Gasteiger partial charge in [-0.15, -0.1) is 0 Å². The second kappa shape index (κ2) is 13.9. The largest absolute Gasteiger partial charge is 0.488 e. The number of pyridine rings is 1. The van der Waals surface area contributed by atoms with E-state index in [1.54, 1.807) is 12.3 Å². The van der Waals surface area contributed by atoms with Crippen molar-refractivity contribution < 1.29 is 33.2 Å². The van der Waals surface area contributed by atoms with Gasteiger partial charge in [-0.05, 0) is 72.8 Å². The Kier molecular flexibility index (Phi) is 9.31. The summed E-state index contributed by atoms with van der Waals surface area (Å²) in [5.41, 5.74) is 5.43. The number of carbonyl (C=O) groups is 1. The van der Waals surface area contributed by atoms with Crippen LogP contribution in [0.3, 0.4) is 0 Å². The fraction of sp³-hybridized carbons (Fsp3) is 0.306. The van der Waals surface area contributed by atoms with Crippen LogP contribution in [-0.2, 0) is 24.6 Å². The van der Waals surface area contributed by atoms with E-state index in [4.69, 9.17) is 18.9 Å². The van der Waals surface area contributed by atoms with Gasteiger partial charge in [-0.2, -0.15) is 5.26 Å². The number of aliphatic carboxylic acids is 1. The van der Waals surface area contributed by atoms with Gasteiger partial charge in [-0.3, -0.25) is 14.7 Å². The molecule has 0 spiro atoms. The van der Waals surface area contributed by atoms with Crippen molar-refractivity contribution in [2.45, 2.75) is 52.0 Å². The van der Waals surface area contributed by atoms with Crippen LogP contribution in [0.25, 0.3) is 11.1 Å². The van der Waals surface area contributed by atoms with Crippen molar-refractivity contribution >= 4 is 5.97 Å². The van der Waals surface area contributed by atoms with Crippen molar-refractivity contribution in [3.05, 3.63) is 101 Å². The number of likely N-dealkylation sites (tertiary alicyclic amines) is 1. The second-order valence-corrected chi connectivity index (χ2v) is 11.4. The molecule has 2 aliphatic heterocycles. The first kappa shape index (κ1) is 30.9. The zero-order valence-electron chi connectivity index (χ0n) is 25.5. The summed E-state index contributed by atoms with van der Waals surface area (Å²) in [6.45, 7) is 4.01. The number of nitriles is 1. The average Bonchev–Trinajstić information content (AvgIpc) is 3.08. The van der Waals surface area contributed by atoms with E-state index in [0.29, 0.717) is 54.4 Å². The predicted octanol–water partition coefficient (Wildman–Crippen LogP) is 6.44. The smallest absolute Gasteiger partial charge is 0.320 e. The molecule has 1 atom stereocenters. The number of piperidine rings is 1. The van der Waals surface area contributed by atoms with E-state index in [-0.39, 0.29) is 25.5 Å². The molecule has 1 unspecified atom stereocenters. The molecule has 0 aliphatic carbocycles. The summed E-state index contributed by atoms with van der Waals surface area (Å²) in [7, 11) is 0. The molecule has 236 valence electrons. The minimum atomic E-state index is -0.893. The van der Waals surface area contributed by atoms with Gasteiger partial charge in [0.25, 0.3) is 0 Å². The summed E-state index contributed by atoms with van der Waals surface area (Å²) >= 11 is 0. The van der Waals surface area contributed by atoms with Gasteiger partial charge < -0.3 is 24.1 Å². The number of aromatic nitrogens is 1. The molecule has 46 heavy (non-hydrogen) atoms. The van der Waals surface area contributed by atoms with Gasteiger partial charge in [0.15, 0.2) is 23.1 Å². The van der Waals surface area contributed by atoms with Crippen molar-refractivity contribution in [2.24, 2.45) is 0 Å². The topological polar surface area (TPSA) is 114 Å².